The SMILES string of the molecule is CC(C)c1ccc(-c2ccc3sc(C(C)C)nc3c2)cc1. The Kier molecular flexibility index (Phi) is 3.81. The molecule has 21 heavy (non-hydrogen) atoms. The van der Waals surface area contributed by atoms with E-state index in [4.69, 9.17) is 4.98 Å². The minimum absolute atomic E-state index is 0.496. The van der Waals surface area contributed by atoms with Crippen LogP contribution in [0.25, 0.3) is 21.3 Å². The van der Waals surface area contributed by atoms with Crippen molar-refractivity contribution in [1.82, 2.24) is 4.98 Å². The molecule has 0 spiro atoms. The van der Waals surface area contributed by atoms with Gasteiger partial charge in [-0.2, -0.15) is 0 Å². The van der Waals surface area contributed by atoms with E-state index in [0.29, 0.717) is 11.8 Å². The van der Waals surface area contributed by atoms with E-state index in [1.165, 1.54) is 26.4 Å². The lowest BCUT2D eigenvalue weighted by molar-refractivity contribution is 0.857. The van der Waals surface area contributed by atoms with Gasteiger partial charge in [0.2, 0.25) is 0 Å². The summed E-state index contributed by atoms with van der Waals surface area (Å²) in [6, 6.07) is 15.5. The molecule has 0 aliphatic carbocycles. The Balaban J connectivity index is 2.00. The van der Waals surface area contributed by atoms with Gasteiger partial charge < -0.3 is 0 Å². The molecule has 0 amide bonds. The molecule has 0 aliphatic rings. The van der Waals surface area contributed by atoms with Crippen molar-refractivity contribution >= 4 is 21.6 Å². The molecular formula is C19H21NS. The molecule has 0 fully saturated rings. The zero-order valence-electron chi connectivity index (χ0n) is 13.1. The average molecular weight is 295 g/mol. The lowest BCUT2D eigenvalue weighted by Gasteiger charge is -2.07. The van der Waals surface area contributed by atoms with Crippen LogP contribution >= 0.6 is 11.3 Å². The van der Waals surface area contributed by atoms with Crippen molar-refractivity contribution in [2.75, 3.05) is 0 Å². The maximum atomic E-state index is 4.76. The molecule has 0 atom stereocenters. The number of nitrogens with zero attached hydrogens (tertiary/aromatic N) is 1. The topological polar surface area (TPSA) is 12.9 Å². The van der Waals surface area contributed by atoms with Crippen molar-refractivity contribution < 1.29 is 0 Å². The highest BCUT2D eigenvalue weighted by Gasteiger charge is 2.08. The van der Waals surface area contributed by atoms with Crippen LogP contribution in [-0.2, 0) is 0 Å². The van der Waals surface area contributed by atoms with Gasteiger partial charge in [-0.3, -0.25) is 0 Å². The van der Waals surface area contributed by atoms with Crippen molar-refractivity contribution in [2.24, 2.45) is 0 Å². The third kappa shape index (κ3) is 2.86. The number of hydrogen-bond donors (Lipinski definition) is 0. The van der Waals surface area contributed by atoms with Gasteiger partial charge in [0.15, 0.2) is 0 Å². The van der Waals surface area contributed by atoms with Crippen LogP contribution in [-0.4, -0.2) is 4.98 Å². The second-order valence-electron chi connectivity index (χ2n) is 6.17. The molecule has 0 unspecified atom stereocenters. The second-order valence-corrected chi connectivity index (χ2v) is 7.23. The molecule has 3 aromatic rings. The molecule has 0 bridgehead atoms. The summed E-state index contributed by atoms with van der Waals surface area (Å²) >= 11 is 1.80. The van der Waals surface area contributed by atoms with E-state index in [-0.39, 0.29) is 0 Å². The summed E-state index contributed by atoms with van der Waals surface area (Å²) in [7, 11) is 0. The number of hydrogen-bond acceptors (Lipinski definition) is 2. The van der Waals surface area contributed by atoms with Gasteiger partial charge >= 0.3 is 0 Å². The summed E-state index contributed by atoms with van der Waals surface area (Å²) < 4.78 is 1.28. The third-order valence-corrected chi connectivity index (χ3v) is 5.15. The van der Waals surface area contributed by atoms with Gasteiger partial charge in [0.05, 0.1) is 15.2 Å². The maximum absolute atomic E-state index is 4.76. The predicted molar refractivity (Wildman–Crippen MR) is 93.2 cm³/mol. The van der Waals surface area contributed by atoms with Gasteiger partial charge in [-0.1, -0.05) is 58.0 Å². The standard InChI is InChI=1S/C19H21NS/c1-12(2)14-5-7-15(8-6-14)16-9-10-18-17(11-16)20-19(21-18)13(3)4/h5-13H,1-4H3. The second kappa shape index (κ2) is 5.61. The minimum Gasteiger partial charge on any atom is -0.241 e. The predicted octanol–water partition coefficient (Wildman–Crippen LogP) is 6.21. The molecule has 3 rings (SSSR count). The first-order valence-electron chi connectivity index (χ1n) is 7.55. The van der Waals surface area contributed by atoms with Crippen LogP contribution in [0.5, 0.6) is 0 Å². The first-order chi connectivity index (χ1) is 10.0. The summed E-state index contributed by atoms with van der Waals surface area (Å²) in [4.78, 5) is 4.76. The Morgan fingerprint density at radius 2 is 1.48 bits per heavy atom. The van der Waals surface area contributed by atoms with Crippen LogP contribution in [0.4, 0.5) is 0 Å². The molecule has 0 saturated heterocycles. The Morgan fingerprint density at radius 1 is 0.810 bits per heavy atom. The van der Waals surface area contributed by atoms with E-state index in [1.54, 1.807) is 11.3 Å². The maximum Gasteiger partial charge on any atom is 0.0963 e. The van der Waals surface area contributed by atoms with Crippen molar-refractivity contribution in [2.45, 2.75) is 39.5 Å². The van der Waals surface area contributed by atoms with E-state index in [2.05, 4.69) is 70.2 Å². The van der Waals surface area contributed by atoms with E-state index < -0.39 is 0 Å². The van der Waals surface area contributed by atoms with Crippen LogP contribution in [0.3, 0.4) is 0 Å². The van der Waals surface area contributed by atoms with Crippen molar-refractivity contribution in [3.63, 3.8) is 0 Å². The van der Waals surface area contributed by atoms with Gasteiger partial charge in [0.25, 0.3) is 0 Å². The first-order valence-corrected chi connectivity index (χ1v) is 8.37. The van der Waals surface area contributed by atoms with Gasteiger partial charge in [-0.25, -0.2) is 4.98 Å². The number of rotatable bonds is 3. The van der Waals surface area contributed by atoms with Gasteiger partial charge in [-0.05, 0) is 34.7 Å². The Morgan fingerprint density at radius 3 is 2.10 bits per heavy atom. The molecule has 108 valence electrons. The van der Waals surface area contributed by atoms with Crippen LogP contribution in [0.2, 0.25) is 0 Å². The van der Waals surface area contributed by atoms with E-state index >= 15 is 0 Å². The molecule has 1 nitrogen and oxygen atoms in total. The largest absolute Gasteiger partial charge is 0.241 e. The van der Waals surface area contributed by atoms with Crippen LogP contribution in [0.15, 0.2) is 42.5 Å². The molecule has 1 heterocycles. The molecule has 2 heteroatoms. The smallest absolute Gasteiger partial charge is 0.0963 e. The van der Waals surface area contributed by atoms with Crippen LogP contribution in [0.1, 0.15) is 50.1 Å². The Bertz CT molecular complexity index is 751. The van der Waals surface area contributed by atoms with Crippen LogP contribution in [0, 0.1) is 0 Å². The molecule has 1 aromatic heterocycles. The molecular weight excluding hydrogens is 274 g/mol. The normalized spacial score (nSPS) is 11.7. The van der Waals surface area contributed by atoms with Gasteiger partial charge in [0, 0.05) is 5.92 Å². The molecule has 0 saturated carbocycles. The molecule has 0 N–H and O–H groups in total. The third-order valence-electron chi connectivity index (χ3n) is 3.81. The first kappa shape index (κ1) is 14.3. The van der Waals surface area contributed by atoms with Crippen molar-refractivity contribution in [1.29, 1.82) is 0 Å². The number of aromatic nitrogens is 1. The fourth-order valence-corrected chi connectivity index (χ4v) is 3.38. The molecule has 2 aromatic carbocycles. The van der Waals surface area contributed by atoms with Crippen molar-refractivity contribution in [3.8, 4) is 11.1 Å². The average Bonchev–Trinajstić information content (AvgIpc) is 2.90. The number of thiazole rings is 1. The Hall–Kier alpha value is -1.67. The van der Waals surface area contributed by atoms with E-state index in [9.17, 15) is 0 Å². The lowest BCUT2D eigenvalue weighted by atomic mass is 9.99. The summed E-state index contributed by atoms with van der Waals surface area (Å²) in [5.41, 5.74) is 5.02. The summed E-state index contributed by atoms with van der Waals surface area (Å²) in [5, 5.41) is 1.22. The lowest BCUT2D eigenvalue weighted by Crippen LogP contribution is -1.86. The summed E-state index contributed by atoms with van der Waals surface area (Å²) in [5.74, 6) is 1.07. The van der Waals surface area contributed by atoms with Gasteiger partial charge in [0.1, 0.15) is 0 Å². The highest BCUT2D eigenvalue weighted by molar-refractivity contribution is 7.18. The number of benzene rings is 2. The van der Waals surface area contributed by atoms with Crippen molar-refractivity contribution in [3.05, 3.63) is 53.0 Å². The van der Waals surface area contributed by atoms with E-state index in [1.807, 2.05) is 0 Å². The Labute approximate surface area is 130 Å². The monoisotopic (exact) mass is 295 g/mol. The highest BCUT2D eigenvalue weighted by Crippen LogP contribution is 2.31. The number of fused-ring (bicyclic) bond motifs is 1. The minimum atomic E-state index is 0.496. The fraction of sp³-hybridized carbons (Fsp3) is 0.316. The fourth-order valence-electron chi connectivity index (χ4n) is 2.43. The van der Waals surface area contributed by atoms with Gasteiger partial charge in [-0.15, -0.1) is 11.3 Å². The zero-order chi connectivity index (χ0) is 15.0. The summed E-state index contributed by atoms with van der Waals surface area (Å²) in [6.45, 7) is 8.85. The molecule has 0 aliphatic heterocycles. The quantitative estimate of drug-likeness (QED) is 0.559. The molecule has 0 radical (unpaired) electrons. The summed E-state index contributed by atoms with van der Waals surface area (Å²) in [6.07, 6.45) is 0. The highest BCUT2D eigenvalue weighted by atomic mass is 32.1. The van der Waals surface area contributed by atoms with E-state index in [0.717, 1.165) is 5.52 Å². The zero-order valence-corrected chi connectivity index (χ0v) is 13.9. The van der Waals surface area contributed by atoms with Crippen LogP contribution < -0.4 is 0 Å².